The average Bonchev–Trinajstić information content (AvgIpc) is 2.36. The van der Waals surface area contributed by atoms with E-state index in [1.165, 1.54) is 16.7 Å². The van der Waals surface area contributed by atoms with Crippen molar-refractivity contribution in [1.29, 1.82) is 0 Å². The monoisotopic (exact) mass is 323 g/mol. The Bertz CT molecular complexity index is 523. The largest absolute Gasteiger partial charge is 0.309 e. The zero-order valence-electron chi connectivity index (χ0n) is 10.2. The summed E-state index contributed by atoms with van der Waals surface area (Å²) in [6.45, 7) is 3.79. The van der Waals surface area contributed by atoms with Gasteiger partial charge in [-0.05, 0) is 46.1 Å². The molecule has 18 heavy (non-hydrogen) atoms. The Morgan fingerprint density at radius 3 is 2.28 bits per heavy atom. The van der Waals surface area contributed by atoms with E-state index >= 15 is 0 Å². The van der Waals surface area contributed by atoms with Crippen molar-refractivity contribution in [3.63, 3.8) is 0 Å². The molecule has 94 valence electrons. The van der Waals surface area contributed by atoms with E-state index in [0.717, 1.165) is 22.6 Å². The molecule has 2 rings (SSSR count). The van der Waals surface area contributed by atoms with Crippen LogP contribution in [0.25, 0.3) is 0 Å². The molecule has 0 radical (unpaired) electrons. The van der Waals surface area contributed by atoms with Gasteiger partial charge >= 0.3 is 0 Å². The Balaban J connectivity index is 1.88. The van der Waals surface area contributed by atoms with Gasteiger partial charge in [-0.15, -0.1) is 0 Å². The maximum Gasteiger partial charge on any atom is 0.0551 e. The van der Waals surface area contributed by atoms with Gasteiger partial charge in [-0.2, -0.15) is 0 Å². The van der Waals surface area contributed by atoms with Crippen LogP contribution in [0.2, 0.25) is 5.02 Å². The highest BCUT2D eigenvalue weighted by Crippen LogP contribution is 2.23. The summed E-state index contributed by atoms with van der Waals surface area (Å²) in [6.07, 6.45) is 0. The van der Waals surface area contributed by atoms with Crippen LogP contribution in [0.3, 0.4) is 0 Å². The lowest BCUT2D eigenvalue weighted by Crippen LogP contribution is -2.12. The van der Waals surface area contributed by atoms with E-state index in [0.29, 0.717) is 0 Å². The first-order chi connectivity index (χ1) is 8.65. The third-order valence-corrected chi connectivity index (χ3v) is 4.00. The van der Waals surface area contributed by atoms with Gasteiger partial charge < -0.3 is 5.32 Å². The molecule has 1 nitrogen and oxygen atoms in total. The molecule has 0 unspecified atom stereocenters. The van der Waals surface area contributed by atoms with E-state index in [4.69, 9.17) is 11.6 Å². The highest BCUT2D eigenvalue weighted by atomic mass is 79.9. The second-order valence-corrected chi connectivity index (χ2v) is 5.60. The standard InChI is InChI=1S/C15H15BrClN/c1-11-2-4-12(5-3-11)9-18-10-13-6-7-14(16)15(17)8-13/h2-8,18H,9-10H2,1H3. The van der Waals surface area contributed by atoms with Crippen molar-refractivity contribution in [2.75, 3.05) is 0 Å². The van der Waals surface area contributed by atoms with Crippen molar-refractivity contribution < 1.29 is 0 Å². The van der Waals surface area contributed by atoms with Crippen molar-refractivity contribution >= 4 is 27.5 Å². The minimum Gasteiger partial charge on any atom is -0.309 e. The van der Waals surface area contributed by atoms with E-state index in [2.05, 4.69) is 58.5 Å². The summed E-state index contributed by atoms with van der Waals surface area (Å²) in [6, 6.07) is 14.6. The topological polar surface area (TPSA) is 12.0 Å². The molecule has 0 aliphatic heterocycles. The fourth-order valence-electron chi connectivity index (χ4n) is 1.71. The van der Waals surface area contributed by atoms with Gasteiger partial charge in [-0.3, -0.25) is 0 Å². The minimum atomic E-state index is 0.754. The first kappa shape index (κ1) is 13.6. The van der Waals surface area contributed by atoms with Gasteiger partial charge in [0.1, 0.15) is 0 Å². The molecule has 0 bridgehead atoms. The number of aryl methyl sites for hydroxylation is 1. The third-order valence-electron chi connectivity index (χ3n) is 2.76. The number of halogens is 2. The van der Waals surface area contributed by atoms with Crippen LogP contribution in [0.5, 0.6) is 0 Å². The van der Waals surface area contributed by atoms with Gasteiger partial charge in [0.25, 0.3) is 0 Å². The molecule has 0 saturated heterocycles. The maximum absolute atomic E-state index is 6.05. The van der Waals surface area contributed by atoms with E-state index in [9.17, 15) is 0 Å². The van der Waals surface area contributed by atoms with Crippen molar-refractivity contribution in [2.24, 2.45) is 0 Å². The van der Waals surface area contributed by atoms with Crippen molar-refractivity contribution in [3.8, 4) is 0 Å². The number of benzene rings is 2. The van der Waals surface area contributed by atoms with Crippen LogP contribution >= 0.6 is 27.5 Å². The van der Waals surface area contributed by atoms with Gasteiger partial charge in [0.2, 0.25) is 0 Å². The predicted octanol–water partition coefficient (Wildman–Crippen LogP) is 4.70. The summed E-state index contributed by atoms with van der Waals surface area (Å²) >= 11 is 9.44. The molecule has 0 saturated carbocycles. The number of nitrogens with one attached hydrogen (secondary N) is 1. The summed E-state index contributed by atoms with van der Waals surface area (Å²) in [4.78, 5) is 0. The average molecular weight is 325 g/mol. The molecule has 0 fully saturated rings. The van der Waals surface area contributed by atoms with Gasteiger partial charge in [-0.25, -0.2) is 0 Å². The Labute approximate surface area is 121 Å². The maximum atomic E-state index is 6.05. The molecule has 3 heteroatoms. The SMILES string of the molecule is Cc1ccc(CNCc2ccc(Br)c(Cl)c2)cc1. The quantitative estimate of drug-likeness (QED) is 0.859. The zero-order chi connectivity index (χ0) is 13.0. The highest BCUT2D eigenvalue weighted by Gasteiger charge is 1.99. The van der Waals surface area contributed by atoms with Gasteiger partial charge in [0.05, 0.1) is 5.02 Å². The van der Waals surface area contributed by atoms with Crippen molar-refractivity contribution in [2.45, 2.75) is 20.0 Å². The van der Waals surface area contributed by atoms with Crippen LogP contribution in [0.15, 0.2) is 46.9 Å². The second-order valence-electron chi connectivity index (χ2n) is 4.34. The van der Waals surface area contributed by atoms with Crippen LogP contribution in [0.4, 0.5) is 0 Å². The van der Waals surface area contributed by atoms with E-state index < -0.39 is 0 Å². The number of rotatable bonds is 4. The minimum absolute atomic E-state index is 0.754. The lowest BCUT2D eigenvalue weighted by molar-refractivity contribution is 0.693. The summed E-state index contributed by atoms with van der Waals surface area (Å²) in [5, 5.41) is 4.16. The summed E-state index contributed by atoms with van der Waals surface area (Å²) in [5.74, 6) is 0. The lowest BCUT2D eigenvalue weighted by Gasteiger charge is -2.06. The zero-order valence-corrected chi connectivity index (χ0v) is 12.6. The fourth-order valence-corrected chi connectivity index (χ4v) is 2.16. The van der Waals surface area contributed by atoms with Gasteiger partial charge in [-0.1, -0.05) is 47.5 Å². The van der Waals surface area contributed by atoms with Crippen molar-refractivity contribution in [1.82, 2.24) is 5.32 Å². The van der Waals surface area contributed by atoms with E-state index in [-0.39, 0.29) is 0 Å². The van der Waals surface area contributed by atoms with Crippen LogP contribution < -0.4 is 5.32 Å². The molecule has 1 N–H and O–H groups in total. The summed E-state index contributed by atoms with van der Waals surface area (Å²) < 4.78 is 0.937. The molecule has 0 aromatic heterocycles. The molecule has 2 aromatic carbocycles. The van der Waals surface area contributed by atoms with Crippen LogP contribution in [0.1, 0.15) is 16.7 Å². The molecule has 0 amide bonds. The fraction of sp³-hybridized carbons (Fsp3) is 0.200. The Kier molecular flexibility index (Phi) is 4.81. The van der Waals surface area contributed by atoms with Gasteiger partial charge in [0.15, 0.2) is 0 Å². The molecule has 2 aromatic rings. The Hall–Kier alpha value is -0.830. The smallest absolute Gasteiger partial charge is 0.0551 e. The Morgan fingerprint density at radius 2 is 1.61 bits per heavy atom. The predicted molar refractivity (Wildman–Crippen MR) is 80.9 cm³/mol. The molecular formula is C15H15BrClN. The highest BCUT2D eigenvalue weighted by molar-refractivity contribution is 9.10. The first-order valence-electron chi connectivity index (χ1n) is 5.85. The molecule has 0 aliphatic rings. The molecule has 0 heterocycles. The van der Waals surface area contributed by atoms with Crippen LogP contribution in [0, 0.1) is 6.92 Å². The Morgan fingerprint density at radius 1 is 1.00 bits per heavy atom. The van der Waals surface area contributed by atoms with Crippen LogP contribution in [-0.4, -0.2) is 0 Å². The first-order valence-corrected chi connectivity index (χ1v) is 7.02. The normalized spacial score (nSPS) is 10.6. The third kappa shape index (κ3) is 3.84. The molecule has 0 atom stereocenters. The number of hydrogen-bond donors (Lipinski definition) is 1. The second kappa shape index (κ2) is 6.37. The summed E-state index contributed by atoms with van der Waals surface area (Å²) in [7, 11) is 0. The molecule has 0 aliphatic carbocycles. The van der Waals surface area contributed by atoms with E-state index in [1.54, 1.807) is 0 Å². The lowest BCUT2D eigenvalue weighted by atomic mass is 10.1. The van der Waals surface area contributed by atoms with Gasteiger partial charge in [0, 0.05) is 17.6 Å². The summed E-state index contributed by atoms with van der Waals surface area (Å²) in [5.41, 5.74) is 3.78. The molecular weight excluding hydrogens is 310 g/mol. The van der Waals surface area contributed by atoms with Crippen molar-refractivity contribution in [3.05, 3.63) is 68.7 Å². The molecule has 0 spiro atoms. The van der Waals surface area contributed by atoms with Crippen LogP contribution in [-0.2, 0) is 13.1 Å². The van der Waals surface area contributed by atoms with E-state index in [1.807, 2.05) is 12.1 Å². The number of hydrogen-bond acceptors (Lipinski definition) is 1.